The maximum atomic E-state index is 13.3. The third-order valence-corrected chi connectivity index (χ3v) is 4.37. The van der Waals surface area contributed by atoms with E-state index in [0.717, 1.165) is 29.7 Å². The van der Waals surface area contributed by atoms with Crippen molar-refractivity contribution in [2.45, 2.75) is 32.8 Å². The molecule has 0 aliphatic rings. The lowest BCUT2D eigenvalue weighted by atomic mass is 10.1. The van der Waals surface area contributed by atoms with E-state index in [-0.39, 0.29) is 18.9 Å². The van der Waals surface area contributed by atoms with Crippen LogP contribution in [0.2, 0.25) is 0 Å². The predicted molar refractivity (Wildman–Crippen MR) is 106 cm³/mol. The van der Waals surface area contributed by atoms with Gasteiger partial charge in [-0.15, -0.1) is 0 Å². The largest absolute Gasteiger partial charge is 0.392 e. The number of aromatic nitrogens is 2. The Labute approximate surface area is 167 Å². The van der Waals surface area contributed by atoms with E-state index in [9.17, 15) is 13.6 Å². The summed E-state index contributed by atoms with van der Waals surface area (Å²) in [5, 5.41) is 11.9. The Morgan fingerprint density at radius 2 is 1.79 bits per heavy atom. The fourth-order valence-corrected chi connectivity index (χ4v) is 2.87. The van der Waals surface area contributed by atoms with E-state index in [4.69, 9.17) is 5.11 Å². The van der Waals surface area contributed by atoms with E-state index >= 15 is 0 Å². The van der Waals surface area contributed by atoms with Crippen LogP contribution in [0.5, 0.6) is 0 Å². The number of aryl methyl sites for hydroxylation is 1. The van der Waals surface area contributed by atoms with Crippen LogP contribution in [0, 0.1) is 11.6 Å². The molecule has 1 aromatic heterocycles. The van der Waals surface area contributed by atoms with Crippen molar-refractivity contribution in [2.24, 2.45) is 0 Å². The van der Waals surface area contributed by atoms with E-state index in [0.29, 0.717) is 29.2 Å². The van der Waals surface area contributed by atoms with Crippen LogP contribution < -0.4 is 5.32 Å². The summed E-state index contributed by atoms with van der Waals surface area (Å²) in [6, 6.07) is 10.7. The molecule has 0 radical (unpaired) electrons. The summed E-state index contributed by atoms with van der Waals surface area (Å²) in [7, 11) is 0. The van der Waals surface area contributed by atoms with Crippen molar-refractivity contribution in [1.29, 1.82) is 0 Å². The van der Waals surface area contributed by atoms with Gasteiger partial charge >= 0.3 is 0 Å². The molecule has 5 nitrogen and oxygen atoms in total. The van der Waals surface area contributed by atoms with Crippen molar-refractivity contribution in [2.75, 3.05) is 5.32 Å². The molecule has 0 unspecified atom stereocenters. The molecule has 0 saturated carbocycles. The number of aliphatic hydroxyl groups is 1. The first-order chi connectivity index (χ1) is 14.0. The van der Waals surface area contributed by atoms with Crippen molar-refractivity contribution < 1.29 is 18.7 Å². The van der Waals surface area contributed by atoms with Gasteiger partial charge in [-0.05, 0) is 29.7 Å². The number of rotatable bonds is 7. The molecule has 0 bridgehead atoms. The zero-order valence-corrected chi connectivity index (χ0v) is 16.0. The molecule has 0 saturated heterocycles. The van der Waals surface area contributed by atoms with Gasteiger partial charge in [-0.2, -0.15) is 0 Å². The molecule has 0 atom stereocenters. The number of nitrogens with zero attached hydrogens (tertiary/aromatic N) is 2. The van der Waals surface area contributed by atoms with Crippen molar-refractivity contribution in [3.8, 4) is 11.3 Å². The minimum atomic E-state index is -0.988. The number of halogens is 2. The first-order valence-electron chi connectivity index (χ1n) is 9.30. The number of amides is 1. The van der Waals surface area contributed by atoms with Crippen molar-refractivity contribution in [3.63, 3.8) is 0 Å². The molecule has 1 heterocycles. The number of carbonyl (C=O) groups excluding carboxylic acids is 1. The Bertz CT molecular complexity index is 1010. The zero-order valence-electron chi connectivity index (χ0n) is 16.0. The van der Waals surface area contributed by atoms with Gasteiger partial charge in [-0.3, -0.25) is 4.79 Å². The van der Waals surface area contributed by atoms with Crippen molar-refractivity contribution in [3.05, 3.63) is 77.1 Å². The van der Waals surface area contributed by atoms with Gasteiger partial charge in [0.05, 0.1) is 30.6 Å². The Morgan fingerprint density at radius 3 is 2.45 bits per heavy atom. The van der Waals surface area contributed by atoms with E-state index < -0.39 is 11.6 Å². The number of nitrogens with one attached hydrogen (secondary N) is 1. The molecule has 3 rings (SSSR count). The van der Waals surface area contributed by atoms with Gasteiger partial charge in [0, 0.05) is 5.56 Å². The Morgan fingerprint density at radius 1 is 1.07 bits per heavy atom. The number of hydrogen-bond donors (Lipinski definition) is 2. The van der Waals surface area contributed by atoms with Crippen molar-refractivity contribution >= 4 is 11.7 Å². The highest BCUT2D eigenvalue weighted by Gasteiger charge is 2.13. The summed E-state index contributed by atoms with van der Waals surface area (Å²) < 4.78 is 26.4. The third kappa shape index (κ3) is 5.20. The number of anilines is 1. The summed E-state index contributed by atoms with van der Waals surface area (Å²) in [6.45, 7) is 1.97. The summed E-state index contributed by atoms with van der Waals surface area (Å²) in [5.41, 5.74) is 3.33. The van der Waals surface area contributed by atoms with Gasteiger partial charge in [0.1, 0.15) is 0 Å². The summed E-state index contributed by atoms with van der Waals surface area (Å²) in [4.78, 5) is 21.3. The molecule has 3 aromatic rings. The second kappa shape index (κ2) is 9.34. The number of benzene rings is 2. The summed E-state index contributed by atoms with van der Waals surface area (Å²) in [6.07, 6.45) is 2.90. The smallest absolute Gasteiger partial charge is 0.229 e. The van der Waals surface area contributed by atoms with Gasteiger partial charge in [0.15, 0.2) is 17.5 Å². The van der Waals surface area contributed by atoms with E-state index in [2.05, 4.69) is 15.3 Å². The van der Waals surface area contributed by atoms with E-state index in [1.807, 2.05) is 31.2 Å². The molecular formula is C22H21F2N3O2. The highest BCUT2D eigenvalue weighted by molar-refractivity contribution is 5.92. The minimum absolute atomic E-state index is 0.0318. The molecule has 0 spiro atoms. The molecule has 0 fully saturated rings. The second-order valence-corrected chi connectivity index (χ2v) is 6.63. The summed E-state index contributed by atoms with van der Waals surface area (Å²) in [5.74, 6) is -1.97. The average Bonchev–Trinajstić information content (AvgIpc) is 2.72. The van der Waals surface area contributed by atoms with Crippen LogP contribution >= 0.6 is 0 Å². The highest BCUT2D eigenvalue weighted by Crippen LogP contribution is 2.21. The molecule has 150 valence electrons. The molecule has 0 aliphatic carbocycles. The SMILES string of the molecule is CCCc1nc(-c2ccc(CO)cc2)cnc1NC(=O)Cc1ccc(F)c(F)c1. The van der Waals surface area contributed by atoms with Crippen LogP contribution in [0.15, 0.2) is 48.7 Å². The van der Waals surface area contributed by atoms with E-state index in [1.165, 1.54) is 6.07 Å². The van der Waals surface area contributed by atoms with Gasteiger partial charge in [-0.1, -0.05) is 43.7 Å². The van der Waals surface area contributed by atoms with Crippen molar-refractivity contribution in [1.82, 2.24) is 9.97 Å². The number of carbonyl (C=O) groups is 1. The lowest BCUT2D eigenvalue weighted by Gasteiger charge is -2.11. The summed E-state index contributed by atoms with van der Waals surface area (Å²) >= 11 is 0. The lowest BCUT2D eigenvalue weighted by Crippen LogP contribution is -2.17. The van der Waals surface area contributed by atoms with Crippen LogP contribution in [0.25, 0.3) is 11.3 Å². The molecule has 1 amide bonds. The van der Waals surface area contributed by atoms with Crippen LogP contribution in [0.4, 0.5) is 14.6 Å². The molecular weight excluding hydrogens is 376 g/mol. The van der Waals surface area contributed by atoms with E-state index in [1.54, 1.807) is 6.20 Å². The van der Waals surface area contributed by atoms with Gasteiger partial charge in [-0.25, -0.2) is 18.7 Å². The zero-order chi connectivity index (χ0) is 20.8. The standard InChI is InChI=1S/C22H21F2N3O2/c1-2-3-19-22(27-21(29)11-15-6-9-17(23)18(24)10-15)25-12-20(26-19)16-7-4-14(13-28)5-8-16/h4-10,12,28H,2-3,11,13H2,1H3,(H,25,27,29). The third-order valence-electron chi connectivity index (χ3n) is 4.37. The normalized spacial score (nSPS) is 10.8. The Hall–Kier alpha value is -3.19. The van der Waals surface area contributed by atoms with Crippen LogP contribution in [-0.4, -0.2) is 21.0 Å². The molecule has 2 N–H and O–H groups in total. The fraction of sp³-hybridized carbons (Fsp3) is 0.227. The lowest BCUT2D eigenvalue weighted by molar-refractivity contribution is -0.115. The number of aliphatic hydroxyl groups excluding tert-OH is 1. The maximum Gasteiger partial charge on any atom is 0.229 e. The average molecular weight is 397 g/mol. The Balaban J connectivity index is 1.78. The van der Waals surface area contributed by atoms with Crippen LogP contribution in [0.1, 0.15) is 30.2 Å². The predicted octanol–water partition coefficient (Wildman–Crippen LogP) is 4.05. The molecule has 2 aromatic carbocycles. The van der Waals surface area contributed by atoms with Gasteiger partial charge in [0.2, 0.25) is 5.91 Å². The van der Waals surface area contributed by atoms with Gasteiger partial charge < -0.3 is 10.4 Å². The Kier molecular flexibility index (Phi) is 6.61. The van der Waals surface area contributed by atoms with Crippen LogP contribution in [-0.2, 0) is 24.2 Å². The first-order valence-corrected chi connectivity index (χ1v) is 9.30. The monoisotopic (exact) mass is 397 g/mol. The first kappa shape index (κ1) is 20.5. The van der Waals surface area contributed by atoms with Crippen LogP contribution in [0.3, 0.4) is 0 Å². The molecule has 7 heteroatoms. The number of hydrogen-bond acceptors (Lipinski definition) is 4. The van der Waals surface area contributed by atoms with Gasteiger partial charge in [0.25, 0.3) is 0 Å². The second-order valence-electron chi connectivity index (χ2n) is 6.63. The quantitative estimate of drug-likeness (QED) is 0.631. The topological polar surface area (TPSA) is 75.1 Å². The highest BCUT2D eigenvalue weighted by atomic mass is 19.2. The minimum Gasteiger partial charge on any atom is -0.392 e. The maximum absolute atomic E-state index is 13.3. The fourth-order valence-electron chi connectivity index (χ4n) is 2.87. The molecule has 29 heavy (non-hydrogen) atoms. The molecule has 0 aliphatic heterocycles.